The molecule has 0 spiro atoms. The molecule has 124 valence electrons. The molecule has 1 aromatic carbocycles. The van der Waals surface area contributed by atoms with Crippen molar-refractivity contribution in [1.82, 2.24) is 4.40 Å². The summed E-state index contributed by atoms with van der Waals surface area (Å²) in [6, 6.07) is 12.5. The van der Waals surface area contributed by atoms with Crippen LogP contribution in [0.4, 0.5) is 0 Å². The fourth-order valence-corrected chi connectivity index (χ4v) is 3.15. The highest BCUT2D eigenvalue weighted by Gasteiger charge is 2.16. The molecule has 0 saturated heterocycles. The summed E-state index contributed by atoms with van der Waals surface area (Å²) in [5.74, 6) is 0.827. The topological polar surface area (TPSA) is 30.7 Å². The van der Waals surface area contributed by atoms with E-state index in [0.717, 1.165) is 47.1 Å². The molecule has 0 unspecified atom stereocenters. The number of aryl methyl sites for hydroxylation is 2. The fourth-order valence-electron chi connectivity index (χ4n) is 3.15. The van der Waals surface area contributed by atoms with Gasteiger partial charge in [-0.2, -0.15) is 0 Å². The van der Waals surface area contributed by atoms with Crippen molar-refractivity contribution in [2.45, 2.75) is 33.6 Å². The zero-order valence-corrected chi connectivity index (χ0v) is 14.5. The number of rotatable bonds is 6. The van der Waals surface area contributed by atoms with Crippen LogP contribution in [0, 0.1) is 6.92 Å². The normalized spacial score (nSPS) is 11.0. The Morgan fingerprint density at radius 1 is 1.08 bits per heavy atom. The van der Waals surface area contributed by atoms with Crippen molar-refractivity contribution in [3.63, 3.8) is 0 Å². The molecule has 0 aliphatic heterocycles. The first kappa shape index (κ1) is 16.3. The first-order chi connectivity index (χ1) is 11.7. The lowest BCUT2D eigenvalue weighted by Crippen LogP contribution is -1.98. The maximum absolute atomic E-state index is 11.8. The van der Waals surface area contributed by atoms with Gasteiger partial charge in [0.15, 0.2) is 6.29 Å². The smallest absolute Gasteiger partial charge is 0.167 e. The van der Waals surface area contributed by atoms with Gasteiger partial charge in [0.1, 0.15) is 5.75 Å². The van der Waals surface area contributed by atoms with Gasteiger partial charge in [-0.15, -0.1) is 0 Å². The summed E-state index contributed by atoms with van der Waals surface area (Å²) in [6.07, 6.45) is 5.04. The second-order valence-corrected chi connectivity index (χ2v) is 6.08. The van der Waals surface area contributed by atoms with Crippen molar-refractivity contribution in [2.24, 2.45) is 0 Å². The molecule has 2 aromatic heterocycles. The van der Waals surface area contributed by atoms with E-state index in [1.165, 1.54) is 5.56 Å². The predicted octanol–water partition coefficient (Wildman–Crippen LogP) is 5.08. The van der Waals surface area contributed by atoms with Crippen molar-refractivity contribution >= 4 is 11.8 Å². The van der Waals surface area contributed by atoms with Gasteiger partial charge in [-0.05, 0) is 55.7 Å². The van der Waals surface area contributed by atoms with Gasteiger partial charge in [-0.3, -0.25) is 4.79 Å². The van der Waals surface area contributed by atoms with E-state index in [9.17, 15) is 4.79 Å². The molecule has 3 aromatic rings. The van der Waals surface area contributed by atoms with Crippen LogP contribution in [-0.2, 0) is 6.42 Å². The molecular formula is C21H23NO2. The lowest BCUT2D eigenvalue weighted by Gasteiger charge is -2.12. The van der Waals surface area contributed by atoms with Crippen molar-refractivity contribution in [1.29, 1.82) is 0 Å². The number of hydrogen-bond donors (Lipinski definition) is 0. The molecule has 0 N–H and O–H groups in total. The Morgan fingerprint density at radius 3 is 2.62 bits per heavy atom. The predicted molar refractivity (Wildman–Crippen MR) is 98.1 cm³/mol. The first-order valence-electron chi connectivity index (χ1n) is 8.51. The van der Waals surface area contributed by atoms with Crippen molar-refractivity contribution in [2.75, 3.05) is 6.61 Å². The van der Waals surface area contributed by atoms with Crippen molar-refractivity contribution < 1.29 is 9.53 Å². The molecule has 24 heavy (non-hydrogen) atoms. The molecule has 2 heterocycles. The number of aldehydes is 1. The molecule has 3 heteroatoms. The molecule has 0 saturated carbocycles. The van der Waals surface area contributed by atoms with Gasteiger partial charge in [0.2, 0.25) is 0 Å². The van der Waals surface area contributed by atoms with Crippen LogP contribution in [-0.4, -0.2) is 17.3 Å². The van der Waals surface area contributed by atoms with Crippen molar-refractivity contribution in [3.05, 3.63) is 59.4 Å². The lowest BCUT2D eigenvalue weighted by atomic mass is 10.00. The Bertz CT molecular complexity index is 877. The molecule has 3 rings (SSSR count). The van der Waals surface area contributed by atoms with E-state index in [2.05, 4.69) is 31.2 Å². The summed E-state index contributed by atoms with van der Waals surface area (Å²) in [5.41, 5.74) is 5.99. The van der Waals surface area contributed by atoms with Crippen LogP contribution in [0.15, 0.2) is 42.6 Å². The minimum absolute atomic E-state index is 0.600. The Balaban J connectivity index is 2.25. The molecule has 0 aliphatic rings. The van der Waals surface area contributed by atoms with E-state index >= 15 is 0 Å². The number of hydrogen-bond acceptors (Lipinski definition) is 2. The minimum Gasteiger partial charge on any atom is -0.493 e. The summed E-state index contributed by atoms with van der Waals surface area (Å²) in [4.78, 5) is 11.8. The third kappa shape index (κ3) is 2.94. The highest BCUT2D eigenvalue weighted by atomic mass is 16.5. The zero-order valence-electron chi connectivity index (χ0n) is 14.5. The quantitative estimate of drug-likeness (QED) is 0.593. The number of benzene rings is 1. The second-order valence-electron chi connectivity index (χ2n) is 6.08. The summed E-state index contributed by atoms with van der Waals surface area (Å²) >= 11 is 0. The van der Waals surface area contributed by atoms with E-state index in [1.807, 2.05) is 36.6 Å². The van der Waals surface area contributed by atoms with Gasteiger partial charge in [-0.25, -0.2) is 0 Å². The van der Waals surface area contributed by atoms with Crippen molar-refractivity contribution in [3.8, 4) is 16.9 Å². The van der Waals surface area contributed by atoms with Crippen LogP contribution in [0.5, 0.6) is 5.75 Å². The van der Waals surface area contributed by atoms with Gasteiger partial charge >= 0.3 is 0 Å². The minimum atomic E-state index is 0.600. The number of carbonyl (C=O) groups is 1. The average molecular weight is 321 g/mol. The number of nitrogens with zero attached hydrogens (tertiary/aromatic N) is 1. The fraction of sp³-hybridized carbons (Fsp3) is 0.286. The summed E-state index contributed by atoms with van der Waals surface area (Å²) in [5, 5.41) is 0. The van der Waals surface area contributed by atoms with E-state index in [-0.39, 0.29) is 0 Å². The Hall–Kier alpha value is -2.55. The lowest BCUT2D eigenvalue weighted by molar-refractivity contribution is 0.111. The number of aromatic nitrogens is 1. The Morgan fingerprint density at radius 2 is 1.92 bits per heavy atom. The van der Waals surface area contributed by atoms with Gasteiger partial charge in [-0.1, -0.05) is 25.5 Å². The molecule has 0 atom stereocenters. The van der Waals surface area contributed by atoms with Gasteiger partial charge in [0.05, 0.1) is 12.3 Å². The molecule has 0 bridgehead atoms. The average Bonchev–Trinajstić information content (AvgIpc) is 2.94. The molecule has 3 nitrogen and oxygen atoms in total. The van der Waals surface area contributed by atoms with E-state index < -0.39 is 0 Å². The third-order valence-electron chi connectivity index (χ3n) is 4.24. The summed E-state index contributed by atoms with van der Waals surface area (Å²) in [7, 11) is 0. The van der Waals surface area contributed by atoms with Gasteiger partial charge < -0.3 is 9.14 Å². The van der Waals surface area contributed by atoms with Crippen LogP contribution in [0.3, 0.4) is 0 Å². The third-order valence-corrected chi connectivity index (χ3v) is 4.24. The van der Waals surface area contributed by atoms with E-state index in [4.69, 9.17) is 4.74 Å². The number of ether oxygens (including phenoxy) is 1. The monoisotopic (exact) mass is 321 g/mol. The number of pyridine rings is 1. The van der Waals surface area contributed by atoms with E-state index in [0.29, 0.717) is 12.3 Å². The highest BCUT2D eigenvalue weighted by molar-refractivity contribution is 5.91. The van der Waals surface area contributed by atoms with Crippen LogP contribution in [0.2, 0.25) is 0 Å². The number of carbonyl (C=O) groups excluding carboxylic acids is 1. The summed E-state index contributed by atoms with van der Waals surface area (Å²) < 4.78 is 7.78. The summed E-state index contributed by atoms with van der Waals surface area (Å²) in [6.45, 7) is 6.77. The second kappa shape index (κ2) is 6.91. The highest BCUT2D eigenvalue weighted by Crippen LogP contribution is 2.35. The maximum Gasteiger partial charge on any atom is 0.167 e. The van der Waals surface area contributed by atoms with E-state index in [1.54, 1.807) is 0 Å². The molecule has 0 aliphatic carbocycles. The van der Waals surface area contributed by atoms with Crippen LogP contribution in [0.1, 0.15) is 41.9 Å². The maximum atomic E-state index is 11.8. The Labute approximate surface area is 142 Å². The van der Waals surface area contributed by atoms with Gasteiger partial charge in [0, 0.05) is 22.8 Å². The standard InChI is InChI=1S/C21H23NO2/c1-4-6-16-8-10-21(24-5-2)19(11-16)18-12-17-9-7-15(3)13-22(17)20(18)14-23/h7-14H,4-6H2,1-3H3. The van der Waals surface area contributed by atoms with Gasteiger partial charge in [0.25, 0.3) is 0 Å². The molecule has 0 radical (unpaired) electrons. The first-order valence-corrected chi connectivity index (χ1v) is 8.51. The van der Waals surface area contributed by atoms with Crippen LogP contribution in [0.25, 0.3) is 16.6 Å². The molecule has 0 amide bonds. The largest absolute Gasteiger partial charge is 0.493 e. The van der Waals surface area contributed by atoms with Crippen LogP contribution < -0.4 is 4.74 Å². The van der Waals surface area contributed by atoms with Crippen LogP contribution >= 0.6 is 0 Å². The molecule has 0 fully saturated rings. The zero-order chi connectivity index (χ0) is 17.1. The molecular weight excluding hydrogens is 298 g/mol. The Kier molecular flexibility index (Phi) is 4.70. The number of fused-ring (bicyclic) bond motifs is 1. The SMILES string of the molecule is CCCc1ccc(OCC)c(-c2cc3ccc(C)cn3c2C=O)c1.